The minimum absolute atomic E-state index is 0.00870. The summed E-state index contributed by atoms with van der Waals surface area (Å²) in [6.45, 7) is 8.05. The molecule has 0 bridgehead atoms. The molecule has 0 aromatic heterocycles. The monoisotopic (exact) mass is 409 g/mol. The molecule has 0 saturated carbocycles. The summed E-state index contributed by atoms with van der Waals surface area (Å²) in [5.74, 6) is 0.607. The maximum absolute atomic E-state index is 12.1. The molecular formula is C18H20INO2. The number of hydrogen-bond donors (Lipinski definition) is 1. The number of hydrogen-bond acceptors (Lipinski definition) is 2. The number of anilines is 1. The van der Waals surface area contributed by atoms with E-state index in [1.54, 1.807) is 0 Å². The van der Waals surface area contributed by atoms with E-state index >= 15 is 0 Å². The fourth-order valence-corrected chi connectivity index (χ4v) is 2.75. The van der Waals surface area contributed by atoms with Crippen molar-refractivity contribution in [2.45, 2.75) is 27.7 Å². The molecule has 1 amide bonds. The maximum atomic E-state index is 12.1. The van der Waals surface area contributed by atoms with Crippen molar-refractivity contribution in [1.29, 1.82) is 0 Å². The van der Waals surface area contributed by atoms with Crippen molar-refractivity contribution in [3.05, 3.63) is 56.2 Å². The van der Waals surface area contributed by atoms with Crippen LogP contribution < -0.4 is 10.1 Å². The fourth-order valence-electron chi connectivity index (χ4n) is 2.13. The summed E-state index contributed by atoms with van der Waals surface area (Å²) in [6.07, 6.45) is 0. The highest BCUT2D eigenvalue weighted by atomic mass is 127. The fraction of sp³-hybridized carbons (Fsp3) is 0.278. The van der Waals surface area contributed by atoms with Crippen molar-refractivity contribution in [3.8, 4) is 5.75 Å². The number of aryl methyl sites for hydroxylation is 3. The van der Waals surface area contributed by atoms with E-state index in [1.165, 1.54) is 3.57 Å². The van der Waals surface area contributed by atoms with Crippen LogP contribution in [0.15, 0.2) is 30.3 Å². The Labute approximate surface area is 145 Å². The van der Waals surface area contributed by atoms with Gasteiger partial charge in [0.2, 0.25) is 0 Å². The standard InChI is InChI=1S/C18H20INO2/c1-11-6-5-7-17(14(11)4)22-10-18(21)20-16-9-12(2)15(19)8-13(16)3/h5-9H,10H2,1-4H3,(H,20,21). The zero-order valence-electron chi connectivity index (χ0n) is 13.3. The van der Waals surface area contributed by atoms with E-state index in [1.807, 2.05) is 52.0 Å². The molecule has 0 radical (unpaired) electrons. The first kappa shape index (κ1) is 16.8. The molecule has 22 heavy (non-hydrogen) atoms. The number of benzene rings is 2. The molecule has 0 saturated heterocycles. The van der Waals surface area contributed by atoms with Crippen molar-refractivity contribution < 1.29 is 9.53 Å². The Hall–Kier alpha value is -1.56. The Morgan fingerprint density at radius 2 is 1.82 bits per heavy atom. The van der Waals surface area contributed by atoms with Crippen LogP contribution in [0.25, 0.3) is 0 Å². The molecule has 0 aliphatic rings. The Morgan fingerprint density at radius 1 is 1.09 bits per heavy atom. The average molecular weight is 409 g/mol. The van der Waals surface area contributed by atoms with Gasteiger partial charge >= 0.3 is 0 Å². The number of carbonyl (C=O) groups is 1. The van der Waals surface area contributed by atoms with Gasteiger partial charge in [-0.05, 0) is 90.7 Å². The topological polar surface area (TPSA) is 38.3 Å². The van der Waals surface area contributed by atoms with E-state index < -0.39 is 0 Å². The lowest BCUT2D eigenvalue weighted by molar-refractivity contribution is -0.118. The number of amides is 1. The van der Waals surface area contributed by atoms with Crippen LogP contribution in [0.2, 0.25) is 0 Å². The summed E-state index contributed by atoms with van der Waals surface area (Å²) in [5, 5.41) is 2.92. The molecule has 3 nitrogen and oxygen atoms in total. The molecule has 0 aliphatic carbocycles. The lowest BCUT2D eigenvalue weighted by Gasteiger charge is -2.13. The molecule has 2 aromatic carbocycles. The summed E-state index contributed by atoms with van der Waals surface area (Å²) >= 11 is 2.29. The van der Waals surface area contributed by atoms with Crippen LogP contribution in [0, 0.1) is 31.3 Å². The maximum Gasteiger partial charge on any atom is 0.262 e. The van der Waals surface area contributed by atoms with Gasteiger partial charge in [-0.25, -0.2) is 0 Å². The molecule has 0 atom stereocenters. The van der Waals surface area contributed by atoms with Crippen molar-refractivity contribution >= 4 is 34.2 Å². The highest BCUT2D eigenvalue weighted by molar-refractivity contribution is 14.1. The Balaban J connectivity index is 2.02. The summed E-state index contributed by atoms with van der Waals surface area (Å²) in [4.78, 5) is 12.1. The van der Waals surface area contributed by atoms with Gasteiger partial charge in [0, 0.05) is 9.26 Å². The molecule has 4 heteroatoms. The van der Waals surface area contributed by atoms with Crippen molar-refractivity contribution in [2.24, 2.45) is 0 Å². The first-order valence-corrected chi connectivity index (χ1v) is 8.22. The Bertz CT molecular complexity index is 710. The molecule has 0 aliphatic heterocycles. The van der Waals surface area contributed by atoms with Crippen LogP contribution in [0.4, 0.5) is 5.69 Å². The van der Waals surface area contributed by atoms with E-state index in [2.05, 4.69) is 34.0 Å². The van der Waals surface area contributed by atoms with Gasteiger partial charge in [0.05, 0.1) is 0 Å². The Kier molecular flexibility index (Phi) is 5.45. The quantitative estimate of drug-likeness (QED) is 0.753. The normalized spacial score (nSPS) is 10.4. The van der Waals surface area contributed by atoms with Crippen molar-refractivity contribution in [1.82, 2.24) is 0 Å². The predicted octanol–water partition coefficient (Wildman–Crippen LogP) is 4.54. The summed E-state index contributed by atoms with van der Waals surface area (Å²) in [6, 6.07) is 9.90. The van der Waals surface area contributed by atoms with Gasteiger partial charge < -0.3 is 10.1 Å². The molecule has 0 unspecified atom stereocenters. The summed E-state index contributed by atoms with van der Waals surface area (Å²) in [7, 11) is 0. The zero-order chi connectivity index (χ0) is 16.3. The van der Waals surface area contributed by atoms with Crippen molar-refractivity contribution in [2.75, 3.05) is 11.9 Å². The second kappa shape index (κ2) is 7.13. The molecule has 1 N–H and O–H groups in total. The molecule has 116 valence electrons. The lowest BCUT2D eigenvalue weighted by Crippen LogP contribution is -2.21. The van der Waals surface area contributed by atoms with Gasteiger partial charge in [0.25, 0.3) is 5.91 Å². The van der Waals surface area contributed by atoms with Crippen LogP contribution >= 0.6 is 22.6 Å². The van der Waals surface area contributed by atoms with Crippen LogP contribution in [0.1, 0.15) is 22.3 Å². The average Bonchev–Trinajstić information content (AvgIpc) is 2.46. The van der Waals surface area contributed by atoms with E-state index in [0.717, 1.165) is 33.7 Å². The lowest BCUT2D eigenvalue weighted by atomic mass is 10.1. The van der Waals surface area contributed by atoms with Gasteiger partial charge in [-0.1, -0.05) is 12.1 Å². The third-order valence-corrected chi connectivity index (χ3v) is 4.86. The van der Waals surface area contributed by atoms with Gasteiger partial charge in [0.15, 0.2) is 6.61 Å². The first-order chi connectivity index (χ1) is 10.4. The second-order valence-electron chi connectivity index (χ2n) is 5.45. The molecule has 2 rings (SSSR count). The highest BCUT2D eigenvalue weighted by Crippen LogP contribution is 2.23. The van der Waals surface area contributed by atoms with Gasteiger partial charge in [-0.3, -0.25) is 4.79 Å². The number of carbonyl (C=O) groups excluding carboxylic acids is 1. The van der Waals surface area contributed by atoms with E-state index in [9.17, 15) is 4.79 Å². The first-order valence-electron chi connectivity index (χ1n) is 7.14. The van der Waals surface area contributed by atoms with Crippen LogP contribution in [-0.4, -0.2) is 12.5 Å². The minimum Gasteiger partial charge on any atom is -0.483 e. The largest absolute Gasteiger partial charge is 0.483 e. The molecular weight excluding hydrogens is 389 g/mol. The van der Waals surface area contributed by atoms with Crippen LogP contribution in [0.3, 0.4) is 0 Å². The summed E-state index contributed by atoms with van der Waals surface area (Å²) in [5.41, 5.74) is 5.26. The second-order valence-corrected chi connectivity index (χ2v) is 6.61. The molecule has 0 fully saturated rings. The summed E-state index contributed by atoms with van der Waals surface area (Å²) < 4.78 is 6.83. The number of nitrogens with one attached hydrogen (secondary N) is 1. The number of halogens is 1. The molecule has 2 aromatic rings. The molecule has 0 spiro atoms. The highest BCUT2D eigenvalue weighted by Gasteiger charge is 2.09. The minimum atomic E-state index is -0.149. The third-order valence-electron chi connectivity index (χ3n) is 3.69. The van der Waals surface area contributed by atoms with Crippen LogP contribution in [0.5, 0.6) is 5.75 Å². The van der Waals surface area contributed by atoms with Gasteiger partial charge in [-0.15, -0.1) is 0 Å². The Morgan fingerprint density at radius 3 is 2.55 bits per heavy atom. The van der Waals surface area contributed by atoms with Gasteiger partial charge in [0.1, 0.15) is 5.75 Å². The zero-order valence-corrected chi connectivity index (χ0v) is 15.4. The van der Waals surface area contributed by atoms with E-state index in [-0.39, 0.29) is 12.5 Å². The van der Waals surface area contributed by atoms with Crippen LogP contribution in [-0.2, 0) is 4.79 Å². The van der Waals surface area contributed by atoms with Crippen molar-refractivity contribution in [3.63, 3.8) is 0 Å². The SMILES string of the molecule is Cc1cc(NC(=O)COc2cccc(C)c2C)c(C)cc1I. The molecule has 0 heterocycles. The number of rotatable bonds is 4. The predicted molar refractivity (Wildman–Crippen MR) is 98.7 cm³/mol. The van der Waals surface area contributed by atoms with Gasteiger partial charge in [-0.2, -0.15) is 0 Å². The van der Waals surface area contributed by atoms with E-state index in [0.29, 0.717) is 0 Å². The van der Waals surface area contributed by atoms with E-state index in [4.69, 9.17) is 4.74 Å². The smallest absolute Gasteiger partial charge is 0.262 e. The third kappa shape index (κ3) is 4.00. The number of ether oxygens (including phenoxy) is 1.